The monoisotopic (exact) mass is 343 g/mol. The van der Waals surface area contributed by atoms with Crippen molar-refractivity contribution in [1.82, 2.24) is 0 Å². The highest BCUT2D eigenvalue weighted by atomic mass is 14.7. The largest absolute Gasteiger partial charge is 0.292 e. The lowest BCUT2D eigenvalue weighted by atomic mass is 10.1. The molecule has 3 aliphatic rings. The molecule has 0 saturated carbocycles. The second-order valence-electron chi connectivity index (χ2n) is 6.12. The number of rotatable bonds is 0. The number of allylic oxidation sites excluding steroid dienone is 9. The van der Waals surface area contributed by atoms with Crippen molar-refractivity contribution in [2.75, 3.05) is 26.2 Å². The van der Waals surface area contributed by atoms with Crippen molar-refractivity contribution < 1.29 is 0 Å². The van der Waals surface area contributed by atoms with Gasteiger partial charge in [-0.3, -0.25) is 20.0 Å². The third-order valence-corrected chi connectivity index (χ3v) is 3.87. The van der Waals surface area contributed by atoms with E-state index in [9.17, 15) is 0 Å². The lowest BCUT2D eigenvalue weighted by molar-refractivity contribution is 0.850. The number of fused-ring (bicyclic) bond motifs is 1. The fourth-order valence-corrected chi connectivity index (χ4v) is 2.58. The molecule has 0 atom stereocenters. The lowest BCUT2D eigenvalue weighted by Crippen LogP contribution is -1.95. The van der Waals surface area contributed by atoms with Gasteiger partial charge in [0.2, 0.25) is 0 Å². The highest BCUT2D eigenvalue weighted by Crippen LogP contribution is 2.09. The minimum absolute atomic E-state index is 0.756. The van der Waals surface area contributed by atoms with Gasteiger partial charge in [0.1, 0.15) is 11.1 Å². The van der Waals surface area contributed by atoms with Gasteiger partial charge in [-0.05, 0) is 25.3 Å². The van der Waals surface area contributed by atoms with Gasteiger partial charge in [0.05, 0.1) is 12.4 Å². The van der Waals surface area contributed by atoms with Crippen molar-refractivity contribution in [1.29, 1.82) is 0 Å². The zero-order valence-electron chi connectivity index (χ0n) is 14.9. The highest BCUT2D eigenvalue weighted by Gasteiger charge is 2.05. The molecule has 4 bridgehead atoms. The number of aliphatic imine (C=N–C) groups is 4. The summed E-state index contributed by atoms with van der Waals surface area (Å²) in [5, 5.41) is 0. The molecule has 0 aromatic rings. The molecule has 0 fully saturated rings. The summed E-state index contributed by atoms with van der Waals surface area (Å²) in [5.74, 6) is 0. The maximum absolute atomic E-state index is 4.49. The minimum Gasteiger partial charge on any atom is -0.292 e. The fourth-order valence-electron chi connectivity index (χ4n) is 2.58. The lowest BCUT2D eigenvalue weighted by Gasteiger charge is -2.00. The van der Waals surface area contributed by atoms with Gasteiger partial charge in [-0.15, -0.1) is 5.73 Å². The van der Waals surface area contributed by atoms with Gasteiger partial charge in [0.15, 0.2) is 0 Å². The van der Waals surface area contributed by atoms with E-state index in [0.29, 0.717) is 0 Å². The molecule has 0 saturated heterocycles. The van der Waals surface area contributed by atoms with Crippen LogP contribution in [0.2, 0.25) is 0 Å². The summed E-state index contributed by atoms with van der Waals surface area (Å²) in [6.07, 6.45) is 23.8. The average molecular weight is 343 g/mol. The van der Waals surface area contributed by atoms with Gasteiger partial charge >= 0.3 is 0 Å². The standard InChI is InChI=1S/C22H23N4/c1-5-19-13-20(6-1)16-24-10-4-12-26-18-22-8-2-7-21(14-22)17-25-11-3-9-23-15-19/h1-2,5-7,15-18H,3-4,8-12H2/q+1. The van der Waals surface area contributed by atoms with E-state index in [-0.39, 0.29) is 0 Å². The Bertz CT molecular complexity index is 807. The molecule has 4 heteroatoms. The average Bonchev–Trinajstić information content (AvgIpc) is 2.66. The summed E-state index contributed by atoms with van der Waals surface area (Å²) in [6.45, 7) is 3.05. The van der Waals surface area contributed by atoms with Gasteiger partial charge in [-0.25, -0.2) is 0 Å². The molecule has 130 valence electrons. The predicted molar refractivity (Wildman–Crippen MR) is 111 cm³/mol. The Balaban J connectivity index is 1.69. The second-order valence-corrected chi connectivity index (χ2v) is 6.12. The molecule has 1 aliphatic heterocycles. The predicted octanol–water partition coefficient (Wildman–Crippen LogP) is 3.70. The van der Waals surface area contributed by atoms with Crippen molar-refractivity contribution in [3.63, 3.8) is 0 Å². The van der Waals surface area contributed by atoms with E-state index in [1.807, 2.05) is 43.1 Å². The smallest absolute Gasteiger partial charge is 0.141 e. The van der Waals surface area contributed by atoms with Crippen LogP contribution in [0.1, 0.15) is 19.3 Å². The number of nitrogens with zero attached hydrogens (tertiary/aromatic N) is 4. The first kappa shape index (κ1) is 17.9. The third-order valence-electron chi connectivity index (χ3n) is 3.87. The van der Waals surface area contributed by atoms with Crippen LogP contribution in [0.25, 0.3) is 0 Å². The maximum atomic E-state index is 4.49. The summed E-state index contributed by atoms with van der Waals surface area (Å²) in [7, 11) is 0. The van der Waals surface area contributed by atoms with Crippen LogP contribution >= 0.6 is 0 Å². The highest BCUT2D eigenvalue weighted by molar-refractivity contribution is 5.89. The Morgan fingerprint density at radius 2 is 1.54 bits per heavy atom. The van der Waals surface area contributed by atoms with E-state index >= 15 is 0 Å². The Hall–Kier alpha value is -2.93. The molecule has 0 aromatic carbocycles. The molecule has 0 amide bonds. The molecule has 0 unspecified atom stereocenters. The van der Waals surface area contributed by atoms with Crippen LogP contribution in [-0.4, -0.2) is 51.0 Å². The number of hydrogen-bond acceptors (Lipinski definition) is 4. The summed E-state index contributed by atoms with van der Waals surface area (Å²) >= 11 is 0. The second kappa shape index (κ2) is 10.1. The normalized spacial score (nSPS) is 20.6. The molecule has 0 radical (unpaired) electrons. The van der Waals surface area contributed by atoms with E-state index in [1.54, 1.807) is 0 Å². The summed E-state index contributed by atoms with van der Waals surface area (Å²) < 4.78 is 0. The maximum Gasteiger partial charge on any atom is 0.141 e. The van der Waals surface area contributed by atoms with E-state index in [4.69, 9.17) is 0 Å². The fraction of sp³-hybridized carbons (Fsp3) is 0.318. The van der Waals surface area contributed by atoms with Crippen LogP contribution in [0, 0.1) is 6.08 Å². The van der Waals surface area contributed by atoms with Crippen LogP contribution in [0.15, 0.2) is 78.4 Å². The van der Waals surface area contributed by atoms with E-state index in [2.05, 4.69) is 43.9 Å². The molecular formula is C22H23N4+. The van der Waals surface area contributed by atoms with Crippen LogP contribution in [0.4, 0.5) is 0 Å². The molecule has 0 spiro atoms. The van der Waals surface area contributed by atoms with Gasteiger partial charge in [0, 0.05) is 74.1 Å². The van der Waals surface area contributed by atoms with Gasteiger partial charge in [-0.1, -0.05) is 6.08 Å². The van der Waals surface area contributed by atoms with Crippen LogP contribution in [-0.2, 0) is 0 Å². The summed E-state index contributed by atoms with van der Waals surface area (Å²) in [6, 6.07) is 0. The first-order valence-corrected chi connectivity index (χ1v) is 9.08. The Labute approximate surface area is 155 Å². The quantitative estimate of drug-likeness (QED) is 0.476. The summed E-state index contributed by atoms with van der Waals surface area (Å²) in [4.78, 5) is 17.9. The van der Waals surface area contributed by atoms with Crippen LogP contribution in [0.5, 0.6) is 0 Å². The van der Waals surface area contributed by atoms with Gasteiger partial charge in [-0.2, -0.15) is 0 Å². The Kier molecular flexibility index (Phi) is 6.98. The first-order valence-electron chi connectivity index (χ1n) is 9.08. The topological polar surface area (TPSA) is 49.4 Å². The van der Waals surface area contributed by atoms with Crippen LogP contribution in [0.3, 0.4) is 0 Å². The number of hydrogen-bond donors (Lipinski definition) is 0. The minimum atomic E-state index is 0.756. The third kappa shape index (κ3) is 6.18. The molecule has 0 aromatic heterocycles. The molecule has 0 N–H and O–H groups in total. The van der Waals surface area contributed by atoms with Gasteiger partial charge in [0.25, 0.3) is 0 Å². The van der Waals surface area contributed by atoms with Gasteiger partial charge < -0.3 is 0 Å². The molecule has 1 heterocycles. The Morgan fingerprint density at radius 1 is 0.808 bits per heavy atom. The van der Waals surface area contributed by atoms with Crippen LogP contribution < -0.4 is 0 Å². The molecule has 2 aliphatic carbocycles. The molecular weight excluding hydrogens is 320 g/mol. The Morgan fingerprint density at radius 3 is 2.38 bits per heavy atom. The van der Waals surface area contributed by atoms with E-state index in [1.165, 1.54) is 0 Å². The molecule has 4 nitrogen and oxygen atoms in total. The summed E-state index contributed by atoms with van der Waals surface area (Å²) in [5.41, 5.74) is 7.43. The zero-order valence-corrected chi connectivity index (χ0v) is 14.9. The molecule has 3 rings (SSSR count). The SMILES string of the molecule is C1=C2C=CCC=1C=NCCCN=CC1=[C+]C(=CC=C1)C=NCCCN=C2. The van der Waals surface area contributed by atoms with Crippen molar-refractivity contribution in [2.24, 2.45) is 20.0 Å². The van der Waals surface area contributed by atoms with E-state index < -0.39 is 0 Å². The first-order chi connectivity index (χ1) is 12.9. The van der Waals surface area contributed by atoms with Crippen molar-refractivity contribution in [3.05, 3.63) is 64.5 Å². The van der Waals surface area contributed by atoms with Crippen molar-refractivity contribution in [2.45, 2.75) is 19.3 Å². The van der Waals surface area contributed by atoms with Crippen molar-refractivity contribution in [3.8, 4) is 0 Å². The van der Waals surface area contributed by atoms with Crippen molar-refractivity contribution >= 4 is 24.9 Å². The molecule has 26 heavy (non-hydrogen) atoms. The van der Waals surface area contributed by atoms with E-state index in [0.717, 1.165) is 67.7 Å². The zero-order chi connectivity index (χ0) is 17.9.